The normalized spacial score (nSPS) is 20.9. The molecular formula is C22H29N5O2. The number of rotatable bonds is 4. The summed E-state index contributed by atoms with van der Waals surface area (Å²) in [6.45, 7) is 9.42. The molecule has 0 aliphatic carbocycles. The lowest BCUT2D eigenvalue weighted by atomic mass is 9.87. The number of nitriles is 1. The van der Waals surface area contributed by atoms with Gasteiger partial charge >= 0.3 is 0 Å². The molecule has 1 aromatic heterocycles. The van der Waals surface area contributed by atoms with Crippen molar-refractivity contribution < 1.29 is 9.90 Å². The second-order valence-electron chi connectivity index (χ2n) is 9.09. The van der Waals surface area contributed by atoms with E-state index in [1.54, 1.807) is 18.5 Å². The zero-order valence-corrected chi connectivity index (χ0v) is 17.5. The van der Waals surface area contributed by atoms with Crippen molar-refractivity contribution in [1.29, 1.82) is 5.26 Å². The molecule has 1 aliphatic rings. The SMILES string of the molecule is C[C@H]1C[C@@H](NC(=O)C[C@H](O)C(C)(C)C)CN(c2ccc(C#N)c3nccnc23)C1. The van der Waals surface area contributed by atoms with E-state index in [4.69, 9.17) is 0 Å². The van der Waals surface area contributed by atoms with Gasteiger partial charge in [-0.15, -0.1) is 0 Å². The molecule has 1 aromatic carbocycles. The van der Waals surface area contributed by atoms with Crippen LogP contribution in [0.5, 0.6) is 0 Å². The number of fused-ring (bicyclic) bond motifs is 1. The van der Waals surface area contributed by atoms with Crippen LogP contribution in [0, 0.1) is 22.7 Å². The van der Waals surface area contributed by atoms with Crippen LogP contribution in [0.25, 0.3) is 11.0 Å². The van der Waals surface area contributed by atoms with E-state index in [1.165, 1.54) is 0 Å². The molecule has 3 atom stereocenters. The maximum atomic E-state index is 12.5. The van der Waals surface area contributed by atoms with Gasteiger partial charge in [-0.25, -0.2) is 0 Å². The van der Waals surface area contributed by atoms with Crippen molar-refractivity contribution in [3.8, 4) is 6.07 Å². The summed E-state index contributed by atoms with van der Waals surface area (Å²) in [4.78, 5) is 23.5. The number of piperidine rings is 1. The van der Waals surface area contributed by atoms with Crippen LogP contribution in [0.4, 0.5) is 5.69 Å². The monoisotopic (exact) mass is 395 g/mol. The minimum absolute atomic E-state index is 0.0132. The number of amides is 1. The second kappa shape index (κ2) is 8.34. The molecule has 0 spiro atoms. The van der Waals surface area contributed by atoms with Crippen LogP contribution in [0.15, 0.2) is 24.5 Å². The van der Waals surface area contributed by atoms with Crippen molar-refractivity contribution in [3.05, 3.63) is 30.1 Å². The predicted octanol–water partition coefficient (Wildman–Crippen LogP) is 2.63. The third kappa shape index (κ3) is 4.83. The van der Waals surface area contributed by atoms with E-state index in [-0.39, 0.29) is 23.8 Å². The van der Waals surface area contributed by atoms with E-state index in [9.17, 15) is 15.2 Å². The zero-order valence-electron chi connectivity index (χ0n) is 17.5. The number of anilines is 1. The van der Waals surface area contributed by atoms with E-state index in [0.717, 1.165) is 18.7 Å². The fourth-order valence-electron chi connectivity index (χ4n) is 3.81. The lowest BCUT2D eigenvalue weighted by Gasteiger charge is -2.38. The molecule has 2 heterocycles. The number of hydrogen-bond donors (Lipinski definition) is 2. The van der Waals surface area contributed by atoms with Crippen LogP contribution in [0.2, 0.25) is 0 Å². The van der Waals surface area contributed by atoms with Crippen LogP contribution in [0.1, 0.15) is 46.1 Å². The van der Waals surface area contributed by atoms with Crippen LogP contribution < -0.4 is 10.2 Å². The van der Waals surface area contributed by atoms with Crippen molar-refractivity contribution in [2.45, 2.75) is 52.7 Å². The van der Waals surface area contributed by atoms with Crippen LogP contribution >= 0.6 is 0 Å². The number of carbonyl (C=O) groups excluding carboxylic acids is 1. The number of aliphatic hydroxyl groups excluding tert-OH is 1. The fourth-order valence-corrected chi connectivity index (χ4v) is 3.81. The Morgan fingerprint density at radius 1 is 1.31 bits per heavy atom. The molecule has 154 valence electrons. The molecule has 0 saturated carbocycles. The van der Waals surface area contributed by atoms with E-state index < -0.39 is 6.10 Å². The first-order chi connectivity index (χ1) is 13.7. The maximum Gasteiger partial charge on any atom is 0.222 e. The number of hydrogen-bond acceptors (Lipinski definition) is 6. The number of carbonyl (C=O) groups is 1. The summed E-state index contributed by atoms with van der Waals surface area (Å²) in [6, 6.07) is 5.85. The molecule has 2 aromatic rings. The van der Waals surface area contributed by atoms with Crippen molar-refractivity contribution >= 4 is 22.6 Å². The molecule has 1 saturated heterocycles. The van der Waals surface area contributed by atoms with Crippen molar-refractivity contribution in [1.82, 2.24) is 15.3 Å². The summed E-state index contributed by atoms with van der Waals surface area (Å²) in [5.74, 6) is 0.250. The summed E-state index contributed by atoms with van der Waals surface area (Å²) in [6.07, 6.45) is 3.52. The average molecular weight is 396 g/mol. The predicted molar refractivity (Wildman–Crippen MR) is 112 cm³/mol. The summed E-state index contributed by atoms with van der Waals surface area (Å²) < 4.78 is 0. The lowest BCUT2D eigenvalue weighted by molar-refractivity contribution is -0.125. The van der Waals surface area contributed by atoms with Gasteiger partial charge in [0, 0.05) is 31.5 Å². The first-order valence-corrected chi connectivity index (χ1v) is 10.0. The second-order valence-corrected chi connectivity index (χ2v) is 9.09. The Hall–Kier alpha value is -2.72. The molecule has 2 N–H and O–H groups in total. The molecule has 0 unspecified atom stereocenters. The van der Waals surface area contributed by atoms with Crippen LogP contribution in [-0.2, 0) is 4.79 Å². The molecule has 1 fully saturated rings. The molecule has 29 heavy (non-hydrogen) atoms. The highest BCUT2D eigenvalue weighted by atomic mass is 16.3. The standard InChI is InChI=1S/C22H29N5O2/c1-14-9-16(26-19(29)10-18(28)22(2,3)4)13-27(12-14)17-6-5-15(11-23)20-21(17)25-8-7-24-20/h5-8,14,16,18,28H,9-10,12-13H2,1-4H3,(H,26,29)/t14-,16+,18-/m0/s1. The van der Waals surface area contributed by atoms with Crippen molar-refractivity contribution in [3.63, 3.8) is 0 Å². The van der Waals surface area contributed by atoms with Crippen molar-refractivity contribution in [2.75, 3.05) is 18.0 Å². The van der Waals surface area contributed by atoms with Gasteiger partial charge in [0.1, 0.15) is 17.1 Å². The van der Waals surface area contributed by atoms with Gasteiger partial charge in [0.05, 0.1) is 23.8 Å². The van der Waals surface area contributed by atoms with Gasteiger partial charge in [0.2, 0.25) is 5.91 Å². The topological polar surface area (TPSA) is 102 Å². The largest absolute Gasteiger partial charge is 0.392 e. The average Bonchev–Trinajstić information content (AvgIpc) is 2.65. The minimum atomic E-state index is -0.683. The third-order valence-electron chi connectivity index (χ3n) is 5.47. The molecule has 3 rings (SSSR count). The van der Waals surface area contributed by atoms with E-state index in [0.29, 0.717) is 29.1 Å². The Morgan fingerprint density at radius 3 is 2.66 bits per heavy atom. The Labute approximate surface area is 171 Å². The summed E-state index contributed by atoms with van der Waals surface area (Å²) >= 11 is 0. The zero-order chi connectivity index (χ0) is 21.2. The number of aromatic nitrogens is 2. The first-order valence-electron chi connectivity index (χ1n) is 10.0. The van der Waals surface area contributed by atoms with Gasteiger partial charge in [-0.1, -0.05) is 27.7 Å². The van der Waals surface area contributed by atoms with E-state index in [1.807, 2.05) is 26.8 Å². The molecule has 7 heteroatoms. The highest BCUT2D eigenvalue weighted by Gasteiger charge is 2.30. The summed E-state index contributed by atoms with van der Waals surface area (Å²) in [5.41, 5.74) is 2.40. The van der Waals surface area contributed by atoms with Gasteiger partial charge in [-0.3, -0.25) is 14.8 Å². The van der Waals surface area contributed by atoms with Gasteiger partial charge in [0.25, 0.3) is 0 Å². The summed E-state index contributed by atoms with van der Waals surface area (Å²) in [5, 5.41) is 22.7. The Morgan fingerprint density at radius 2 is 2.00 bits per heavy atom. The number of benzene rings is 1. The van der Waals surface area contributed by atoms with Gasteiger partial charge in [0.15, 0.2) is 0 Å². The van der Waals surface area contributed by atoms with Crippen molar-refractivity contribution in [2.24, 2.45) is 11.3 Å². The van der Waals surface area contributed by atoms with E-state index in [2.05, 4.69) is 33.2 Å². The molecule has 1 amide bonds. The van der Waals surface area contributed by atoms with Crippen LogP contribution in [-0.4, -0.2) is 46.2 Å². The minimum Gasteiger partial charge on any atom is -0.392 e. The highest BCUT2D eigenvalue weighted by molar-refractivity contribution is 5.92. The number of nitrogens with zero attached hydrogens (tertiary/aromatic N) is 4. The first kappa shape index (κ1) is 21.0. The van der Waals surface area contributed by atoms with Crippen LogP contribution in [0.3, 0.4) is 0 Å². The highest BCUT2D eigenvalue weighted by Crippen LogP contribution is 2.30. The number of aliphatic hydroxyl groups is 1. The fraction of sp³-hybridized carbons (Fsp3) is 0.545. The number of nitrogens with one attached hydrogen (secondary N) is 1. The van der Waals surface area contributed by atoms with Gasteiger partial charge in [-0.05, 0) is 29.9 Å². The molecule has 0 bridgehead atoms. The quantitative estimate of drug-likeness (QED) is 0.825. The molecular weight excluding hydrogens is 366 g/mol. The molecule has 7 nitrogen and oxygen atoms in total. The molecule has 0 radical (unpaired) electrons. The van der Waals surface area contributed by atoms with Gasteiger partial charge < -0.3 is 15.3 Å². The molecule has 1 aliphatic heterocycles. The Bertz CT molecular complexity index is 931. The van der Waals surface area contributed by atoms with Gasteiger partial charge in [-0.2, -0.15) is 5.26 Å². The van der Waals surface area contributed by atoms with E-state index >= 15 is 0 Å². The lowest BCUT2D eigenvalue weighted by Crippen LogP contribution is -2.51. The Kier molecular flexibility index (Phi) is 6.04. The maximum absolute atomic E-state index is 12.5. The Balaban J connectivity index is 1.78. The smallest absolute Gasteiger partial charge is 0.222 e. The summed E-state index contributed by atoms with van der Waals surface area (Å²) in [7, 11) is 0. The third-order valence-corrected chi connectivity index (χ3v) is 5.47.